The van der Waals surface area contributed by atoms with Crippen molar-refractivity contribution in [2.24, 2.45) is 11.3 Å². The molecule has 2 aliphatic rings. The standard InChI is InChI=1S/C15H23NO4.C14H28N2O.CH2O2/c1-11(2)16(3)15(18)12-6-7-13(17)14(10-12)20-9-5-8-19-4;1-3-14(2,11-17)10-16(13-4-5-13)9-12-6-7-15-8-12;2-1-3/h6-7,10-11,17H,5,8-9H2,1-4H3;12-13,15,17H,3-11H2,1-2H3;1H,(H,2,3). The minimum Gasteiger partial charge on any atom is -0.504 e. The Morgan fingerprint density at radius 1 is 1.25 bits per heavy atom. The highest BCUT2D eigenvalue weighted by Gasteiger charge is 2.35. The smallest absolute Gasteiger partial charge is 0.290 e. The van der Waals surface area contributed by atoms with Gasteiger partial charge in [0.1, 0.15) is 0 Å². The highest BCUT2D eigenvalue weighted by atomic mass is 16.5. The first-order valence-corrected chi connectivity index (χ1v) is 14.4. The van der Waals surface area contributed by atoms with Crippen LogP contribution in [0, 0.1) is 11.3 Å². The number of amides is 1. The van der Waals surface area contributed by atoms with Crippen molar-refractivity contribution in [1.29, 1.82) is 0 Å². The Hall–Kier alpha value is -2.40. The molecule has 2 unspecified atom stereocenters. The van der Waals surface area contributed by atoms with Crippen molar-refractivity contribution in [2.45, 2.75) is 71.9 Å². The molecule has 10 nitrogen and oxygen atoms in total. The Bertz CT molecular complexity index is 854. The summed E-state index contributed by atoms with van der Waals surface area (Å²) in [7, 11) is 3.37. The monoisotopic (exact) mass is 567 g/mol. The minimum atomic E-state index is -0.250. The van der Waals surface area contributed by atoms with Crippen LogP contribution >= 0.6 is 0 Å². The Morgan fingerprint density at radius 2 is 1.93 bits per heavy atom. The Balaban J connectivity index is 0.000000367. The van der Waals surface area contributed by atoms with Crippen LogP contribution in [0.3, 0.4) is 0 Å². The van der Waals surface area contributed by atoms with Gasteiger partial charge in [-0.1, -0.05) is 13.8 Å². The van der Waals surface area contributed by atoms with E-state index in [0.717, 1.165) is 31.3 Å². The van der Waals surface area contributed by atoms with E-state index in [-0.39, 0.29) is 29.6 Å². The number of phenolic OH excluding ortho intramolecular Hbond substituents is 1. The van der Waals surface area contributed by atoms with E-state index in [1.807, 2.05) is 13.8 Å². The molecule has 0 aromatic heterocycles. The molecule has 0 radical (unpaired) electrons. The summed E-state index contributed by atoms with van der Waals surface area (Å²) < 4.78 is 10.4. The molecule has 1 amide bonds. The van der Waals surface area contributed by atoms with E-state index in [1.54, 1.807) is 31.2 Å². The Morgan fingerprint density at radius 3 is 2.42 bits per heavy atom. The van der Waals surface area contributed by atoms with E-state index in [2.05, 4.69) is 24.1 Å². The lowest BCUT2D eigenvalue weighted by molar-refractivity contribution is -0.122. The molecule has 2 fully saturated rings. The third-order valence-corrected chi connectivity index (χ3v) is 7.59. The zero-order chi connectivity index (χ0) is 30.1. The molecule has 0 spiro atoms. The van der Waals surface area contributed by atoms with Crippen molar-refractivity contribution in [3.05, 3.63) is 23.8 Å². The number of carboxylic acid groups (broad SMARTS) is 1. The highest BCUT2D eigenvalue weighted by Crippen LogP contribution is 2.33. The van der Waals surface area contributed by atoms with E-state index in [9.17, 15) is 15.0 Å². The first-order chi connectivity index (χ1) is 19.0. The molecule has 1 aliphatic carbocycles. The number of phenols is 1. The fraction of sp³-hybridized carbons (Fsp3) is 0.733. The van der Waals surface area contributed by atoms with Crippen molar-refractivity contribution in [2.75, 3.05) is 60.2 Å². The largest absolute Gasteiger partial charge is 0.504 e. The molecule has 40 heavy (non-hydrogen) atoms. The maximum absolute atomic E-state index is 12.2. The van der Waals surface area contributed by atoms with Gasteiger partial charge < -0.3 is 35.0 Å². The number of aromatic hydroxyl groups is 1. The molecule has 2 atom stereocenters. The summed E-state index contributed by atoms with van der Waals surface area (Å²) in [5.74, 6) is 1.09. The molecular formula is C30H53N3O7. The quantitative estimate of drug-likeness (QED) is 0.197. The summed E-state index contributed by atoms with van der Waals surface area (Å²) in [6.07, 6.45) is 5.84. The fourth-order valence-corrected chi connectivity index (χ4v) is 4.33. The van der Waals surface area contributed by atoms with Gasteiger partial charge in [-0.25, -0.2) is 0 Å². The molecule has 230 valence electrons. The predicted molar refractivity (Wildman–Crippen MR) is 157 cm³/mol. The third-order valence-electron chi connectivity index (χ3n) is 7.59. The molecule has 1 aromatic rings. The van der Waals surface area contributed by atoms with Gasteiger partial charge in [0.05, 0.1) is 6.61 Å². The van der Waals surface area contributed by atoms with Crippen LogP contribution in [-0.2, 0) is 9.53 Å². The number of ether oxygens (including phenoxy) is 2. The number of nitrogens with zero attached hydrogens (tertiary/aromatic N) is 2. The van der Waals surface area contributed by atoms with Crippen molar-refractivity contribution in [3.63, 3.8) is 0 Å². The molecule has 0 bridgehead atoms. The molecule has 1 aliphatic heterocycles. The minimum absolute atomic E-state index is 0.0335. The SMILES string of the molecule is CCC(C)(CO)CN(CC1CCNC1)C1CC1.COCCCOc1cc(C(=O)N(C)C(C)C)ccc1O.O=CO. The maximum atomic E-state index is 12.2. The number of methoxy groups -OCH3 is 1. The summed E-state index contributed by atoms with van der Waals surface area (Å²) in [6.45, 7) is 14.1. The number of nitrogens with one attached hydrogen (secondary N) is 1. The van der Waals surface area contributed by atoms with Gasteiger partial charge in [-0.15, -0.1) is 0 Å². The zero-order valence-electron chi connectivity index (χ0n) is 25.4. The van der Waals surface area contributed by atoms with Crippen LogP contribution < -0.4 is 10.1 Å². The molecule has 1 aromatic carbocycles. The first-order valence-electron chi connectivity index (χ1n) is 14.4. The number of carbonyl (C=O) groups is 2. The first kappa shape index (κ1) is 35.6. The van der Waals surface area contributed by atoms with Crippen molar-refractivity contribution < 1.29 is 34.4 Å². The van der Waals surface area contributed by atoms with Crippen LogP contribution in [0.5, 0.6) is 11.5 Å². The molecule has 10 heteroatoms. The average Bonchev–Trinajstić information content (AvgIpc) is 3.67. The summed E-state index contributed by atoms with van der Waals surface area (Å²) in [5, 5.41) is 29.6. The predicted octanol–water partition coefficient (Wildman–Crippen LogP) is 3.46. The van der Waals surface area contributed by atoms with Crippen LogP contribution in [0.4, 0.5) is 0 Å². The molecule has 3 rings (SSSR count). The van der Waals surface area contributed by atoms with Gasteiger partial charge in [-0.3, -0.25) is 14.5 Å². The van der Waals surface area contributed by atoms with Gasteiger partial charge in [0, 0.05) is 69.9 Å². The zero-order valence-corrected chi connectivity index (χ0v) is 25.4. The van der Waals surface area contributed by atoms with E-state index in [4.69, 9.17) is 19.4 Å². The number of rotatable bonds is 14. The lowest BCUT2D eigenvalue weighted by atomic mass is 9.87. The third kappa shape index (κ3) is 12.8. The number of hydrogen-bond acceptors (Lipinski definition) is 8. The van der Waals surface area contributed by atoms with Gasteiger partial charge in [-0.2, -0.15) is 0 Å². The normalized spacial score (nSPS) is 17.8. The highest BCUT2D eigenvalue weighted by molar-refractivity contribution is 5.94. The van der Waals surface area contributed by atoms with E-state index in [0.29, 0.717) is 31.1 Å². The molecule has 4 N–H and O–H groups in total. The lowest BCUT2D eigenvalue weighted by Crippen LogP contribution is -2.42. The topological polar surface area (TPSA) is 132 Å². The summed E-state index contributed by atoms with van der Waals surface area (Å²) >= 11 is 0. The number of aliphatic hydroxyl groups is 1. The van der Waals surface area contributed by atoms with Gasteiger partial charge in [0.25, 0.3) is 12.4 Å². The molecular weight excluding hydrogens is 514 g/mol. The van der Waals surface area contributed by atoms with Crippen molar-refractivity contribution >= 4 is 12.4 Å². The van der Waals surface area contributed by atoms with E-state index >= 15 is 0 Å². The number of aliphatic hydroxyl groups excluding tert-OH is 1. The second-order valence-corrected chi connectivity index (χ2v) is 11.3. The second kappa shape index (κ2) is 18.9. The molecule has 1 saturated carbocycles. The van der Waals surface area contributed by atoms with Crippen molar-refractivity contribution in [3.8, 4) is 11.5 Å². The lowest BCUT2D eigenvalue weighted by Gasteiger charge is -2.35. The van der Waals surface area contributed by atoms with Crippen molar-refractivity contribution in [1.82, 2.24) is 15.1 Å². The van der Waals surface area contributed by atoms with Crippen LogP contribution in [0.1, 0.15) is 70.2 Å². The van der Waals surface area contributed by atoms with Crippen LogP contribution in [0.25, 0.3) is 0 Å². The molecule has 1 saturated heterocycles. The van der Waals surface area contributed by atoms with Gasteiger partial charge >= 0.3 is 0 Å². The summed E-state index contributed by atoms with van der Waals surface area (Å²) in [5.41, 5.74) is 0.593. The van der Waals surface area contributed by atoms with Crippen LogP contribution in [-0.4, -0.2) is 110 Å². The summed E-state index contributed by atoms with van der Waals surface area (Å²) in [6, 6.07) is 5.57. The second-order valence-electron chi connectivity index (χ2n) is 11.3. The van der Waals surface area contributed by atoms with Gasteiger partial charge in [0.2, 0.25) is 0 Å². The van der Waals surface area contributed by atoms with Crippen LogP contribution in [0.15, 0.2) is 18.2 Å². The Labute approximate surface area is 240 Å². The summed E-state index contributed by atoms with van der Waals surface area (Å²) in [4.78, 5) is 24.8. The number of benzene rings is 1. The van der Waals surface area contributed by atoms with E-state index in [1.165, 1.54) is 45.0 Å². The van der Waals surface area contributed by atoms with E-state index < -0.39 is 0 Å². The van der Waals surface area contributed by atoms with Gasteiger partial charge in [0.15, 0.2) is 11.5 Å². The average molecular weight is 568 g/mol. The Kier molecular flexibility index (Phi) is 16.8. The van der Waals surface area contributed by atoms with Gasteiger partial charge in [-0.05, 0) is 76.7 Å². The number of carbonyl (C=O) groups excluding carboxylic acids is 1. The molecule has 1 heterocycles. The number of hydrogen-bond donors (Lipinski definition) is 4. The maximum Gasteiger partial charge on any atom is 0.290 e. The van der Waals surface area contributed by atoms with Crippen LogP contribution in [0.2, 0.25) is 0 Å². The fourth-order valence-electron chi connectivity index (χ4n) is 4.33.